The summed E-state index contributed by atoms with van der Waals surface area (Å²) in [7, 11) is 0. The van der Waals surface area contributed by atoms with Crippen LogP contribution in [-0.2, 0) is 11.2 Å². The van der Waals surface area contributed by atoms with E-state index >= 15 is 0 Å². The number of ether oxygens (including phenoxy) is 2. The van der Waals surface area contributed by atoms with Crippen LogP contribution in [0.1, 0.15) is 55.8 Å². The number of aliphatic hydroxyl groups is 1. The topological polar surface area (TPSA) is 38.7 Å². The molecule has 0 bridgehead atoms. The fourth-order valence-corrected chi connectivity index (χ4v) is 3.22. The Morgan fingerprint density at radius 2 is 2.20 bits per heavy atom. The van der Waals surface area contributed by atoms with Crippen LogP contribution in [-0.4, -0.2) is 24.4 Å². The Morgan fingerprint density at radius 1 is 1.25 bits per heavy atom. The lowest BCUT2D eigenvalue weighted by atomic mass is 9.89. The fourth-order valence-electron chi connectivity index (χ4n) is 3.22. The molecule has 0 aromatic heterocycles. The lowest BCUT2D eigenvalue weighted by Crippen LogP contribution is -2.10. The van der Waals surface area contributed by atoms with Gasteiger partial charge in [-0.2, -0.15) is 0 Å². The molecule has 20 heavy (non-hydrogen) atoms. The zero-order chi connectivity index (χ0) is 13.8. The molecule has 3 nitrogen and oxygen atoms in total. The molecular weight excluding hydrogens is 252 g/mol. The smallest absolute Gasteiger partial charge is 0.119 e. The normalized spacial score (nSPS) is 25.4. The van der Waals surface area contributed by atoms with Crippen LogP contribution in [0.3, 0.4) is 0 Å². The van der Waals surface area contributed by atoms with Gasteiger partial charge < -0.3 is 14.6 Å². The third-order valence-corrected chi connectivity index (χ3v) is 4.36. The van der Waals surface area contributed by atoms with Gasteiger partial charge in [-0.3, -0.25) is 0 Å². The molecule has 0 saturated carbocycles. The second-order valence-corrected chi connectivity index (χ2v) is 5.89. The quantitative estimate of drug-likeness (QED) is 0.838. The average Bonchev–Trinajstić information content (AvgIpc) is 2.98. The van der Waals surface area contributed by atoms with Crippen molar-refractivity contribution in [2.45, 2.75) is 57.2 Å². The number of hydrogen-bond donors (Lipinski definition) is 1. The molecule has 1 saturated heterocycles. The van der Waals surface area contributed by atoms with Crippen molar-refractivity contribution in [1.29, 1.82) is 0 Å². The zero-order valence-electron chi connectivity index (χ0n) is 12.0. The molecule has 2 aliphatic rings. The van der Waals surface area contributed by atoms with E-state index in [9.17, 15) is 5.11 Å². The Labute approximate surface area is 120 Å². The van der Waals surface area contributed by atoms with Crippen LogP contribution >= 0.6 is 0 Å². The maximum absolute atomic E-state index is 10.0. The molecule has 1 N–H and O–H groups in total. The monoisotopic (exact) mass is 276 g/mol. The number of benzene rings is 1. The molecule has 3 rings (SSSR count). The summed E-state index contributed by atoms with van der Waals surface area (Å²) in [4.78, 5) is 0. The standard InChI is InChI=1S/C17H24O3/c18-17-7-1-4-13-8-9-15(12-16(13)17)20-11-3-6-14-5-2-10-19-14/h8-9,12,14,17-18H,1-7,10-11H2/t14?,17-/m1/s1. The number of hydrogen-bond acceptors (Lipinski definition) is 3. The lowest BCUT2D eigenvalue weighted by molar-refractivity contribution is 0.0981. The third kappa shape index (κ3) is 3.33. The van der Waals surface area contributed by atoms with Gasteiger partial charge in [-0.1, -0.05) is 6.07 Å². The molecule has 0 radical (unpaired) electrons. The maximum Gasteiger partial charge on any atom is 0.119 e. The molecule has 1 heterocycles. The summed E-state index contributed by atoms with van der Waals surface area (Å²) in [6, 6.07) is 6.15. The minimum Gasteiger partial charge on any atom is -0.494 e. The van der Waals surface area contributed by atoms with Crippen molar-refractivity contribution in [3.05, 3.63) is 29.3 Å². The van der Waals surface area contributed by atoms with Gasteiger partial charge in [-0.15, -0.1) is 0 Å². The summed E-state index contributed by atoms with van der Waals surface area (Å²) in [5.74, 6) is 0.886. The Hall–Kier alpha value is -1.06. The van der Waals surface area contributed by atoms with Gasteiger partial charge in [0.05, 0.1) is 18.8 Å². The highest BCUT2D eigenvalue weighted by atomic mass is 16.5. The zero-order valence-corrected chi connectivity index (χ0v) is 12.0. The first kappa shape index (κ1) is 13.9. The van der Waals surface area contributed by atoms with Crippen LogP contribution in [0, 0.1) is 0 Å². The van der Waals surface area contributed by atoms with Crippen molar-refractivity contribution < 1.29 is 14.6 Å². The molecule has 1 unspecified atom stereocenters. The van der Waals surface area contributed by atoms with Gasteiger partial charge in [0.25, 0.3) is 0 Å². The number of rotatable bonds is 5. The van der Waals surface area contributed by atoms with Crippen molar-refractivity contribution >= 4 is 0 Å². The largest absolute Gasteiger partial charge is 0.494 e. The van der Waals surface area contributed by atoms with Gasteiger partial charge in [0.15, 0.2) is 0 Å². The minimum absolute atomic E-state index is 0.311. The summed E-state index contributed by atoms with van der Waals surface area (Å²) in [5.41, 5.74) is 2.34. The van der Waals surface area contributed by atoms with Crippen LogP contribution in [0.15, 0.2) is 18.2 Å². The first-order valence-electron chi connectivity index (χ1n) is 7.88. The molecule has 110 valence electrons. The molecule has 1 aliphatic heterocycles. The van der Waals surface area contributed by atoms with Crippen LogP contribution in [0.2, 0.25) is 0 Å². The summed E-state index contributed by atoms with van der Waals surface area (Å²) in [5, 5.41) is 10.0. The number of aliphatic hydroxyl groups excluding tert-OH is 1. The van der Waals surface area contributed by atoms with Crippen molar-refractivity contribution in [3.63, 3.8) is 0 Å². The van der Waals surface area contributed by atoms with Crippen molar-refractivity contribution in [2.24, 2.45) is 0 Å². The second kappa shape index (κ2) is 6.59. The Bertz CT molecular complexity index is 438. The molecular formula is C17H24O3. The molecule has 3 heteroatoms. The molecule has 1 aromatic rings. The van der Waals surface area contributed by atoms with E-state index in [2.05, 4.69) is 6.07 Å². The van der Waals surface area contributed by atoms with E-state index in [1.807, 2.05) is 12.1 Å². The van der Waals surface area contributed by atoms with Crippen LogP contribution < -0.4 is 4.74 Å². The molecule has 0 amide bonds. The minimum atomic E-state index is -0.311. The van der Waals surface area contributed by atoms with E-state index in [1.165, 1.54) is 18.4 Å². The van der Waals surface area contributed by atoms with E-state index in [-0.39, 0.29) is 6.10 Å². The first-order valence-corrected chi connectivity index (χ1v) is 7.88. The lowest BCUT2D eigenvalue weighted by Gasteiger charge is -2.22. The Kier molecular flexibility index (Phi) is 4.58. The van der Waals surface area contributed by atoms with Gasteiger partial charge in [0.2, 0.25) is 0 Å². The van der Waals surface area contributed by atoms with E-state index < -0.39 is 0 Å². The Balaban J connectivity index is 1.49. The highest BCUT2D eigenvalue weighted by molar-refractivity contribution is 5.38. The van der Waals surface area contributed by atoms with E-state index in [1.54, 1.807) is 0 Å². The Morgan fingerprint density at radius 3 is 3.05 bits per heavy atom. The van der Waals surface area contributed by atoms with Gasteiger partial charge in [0, 0.05) is 6.61 Å². The molecule has 0 spiro atoms. The summed E-state index contributed by atoms with van der Waals surface area (Å²) >= 11 is 0. The molecule has 1 aliphatic carbocycles. The van der Waals surface area contributed by atoms with Gasteiger partial charge >= 0.3 is 0 Å². The van der Waals surface area contributed by atoms with Crippen LogP contribution in [0.4, 0.5) is 0 Å². The van der Waals surface area contributed by atoms with Gasteiger partial charge in [-0.05, 0) is 68.2 Å². The predicted octanol–water partition coefficient (Wildman–Crippen LogP) is 3.39. The van der Waals surface area contributed by atoms with E-state index in [0.29, 0.717) is 6.10 Å². The molecule has 1 fully saturated rings. The molecule has 2 atom stereocenters. The van der Waals surface area contributed by atoms with Crippen molar-refractivity contribution in [1.82, 2.24) is 0 Å². The summed E-state index contributed by atoms with van der Waals surface area (Å²) < 4.78 is 11.4. The summed E-state index contributed by atoms with van der Waals surface area (Å²) in [6.45, 7) is 1.66. The highest BCUT2D eigenvalue weighted by Gasteiger charge is 2.18. The van der Waals surface area contributed by atoms with Gasteiger partial charge in [-0.25, -0.2) is 0 Å². The highest BCUT2D eigenvalue weighted by Crippen LogP contribution is 2.32. The average molecular weight is 276 g/mol. The molecule has 1 aromatic carbocycles. The second-order valence-electron chi connectivity index (χ2n) is 5.89. The number of aryl methyl sites for hydroxylation is 1. The maximum atomic E-state index is 10.0. The first-order chi connectivity index (χ1) is 9.83. The van der Waals surface area contributed by atoms with Crippen molar-refractivity contribution in [2.75, 3.05) is 13.2 Å². The van der Waals surface area contributed by atoms with Crippen molar-refractivity contribution in [3.8, 4) is 5.75 Å². The SMILES string of the molecule is O[C@@H]1CCCc2ccc(OCCCC3CCCO3)cc21. The third-order valence-electron chi connectivity index (χ3n) is 4.36. The van der Waals surface area contributed by atoms with E-state index in [0.717, 1.165) is 56.6 Å². The summed E-state index contributed by atoms with van der Waals surface area (Å²) in [6.07, 6.45) is 7.69. The van der Waals surface area contributed by atoms with E-state index in [4.69, 9.17) is 9.47 Å². The van der Waals surface area contributed by atoms with Crippen LogP contribution in [0.5, 0.6) is 5.75 Å². The number of fused-ring (bicyclic) bond motifs is 1. The predicted molar refractivity (Wildman–Crippen MR) is 78.0 cm³/mol. The van der Waals surface area contributed by atoms with Gasteiger partial charge in [0.1, 0.15) is 5.75 Å². The fraction of sp³-hybridized carbons (Fsp3) is 0.647. The van der Waals surface area contributed by atoms with Crippen LogP contribution in [0.25, 0.3) is 0 Å².